The van der Waals surface area contributed by atoms with Gasteiger partial charge in [-0.25, -0.2) is 4.79 Å². The van der Waals surface area contributed by atoms with E-state index in [1.807, 2.05) is 6.07 Å². The Labute approximate surface area is 112 Å². The van der Waals surface area contributed by atoms with Gasteiger partial charge in [0.05, 0.1) is 0 Å². The lowest BCUT2D eigenvalue weighted by molar-refractivity contribution is 0.225. The van der Waals surface area contributed by atoms with E-state index >= 15 is 0 Å². The number of aryl methyl sites for hydroxylation is 2. The fourth-order valence-electron chi connectivity index (χ4n) is 1.22. The van der Waals surface area contributed by atoms with Gasteiger partial charge in [0.1, 0.15) is 5.75 Å². The normalized spacial score (nSPS) is 9.06. The van der Waals surface area contributed by atoms with Gasteiger partial charge in [-0.05, 0) is 26.0 Å². The van der Waals surface area contributed by atoms with E-state index < -0.39 is 5.43 Å². The van der Waals surface area contributed by atoms with Gasteiger partial charge in [-0.1, -0.05) is 53.6 Å². The molecule has 0 spiro atoms. The maximum atomic E-state index is 10.2. The van der Waals surface area contributed by atoms with E-state index in [-0.39, 0.29) is 0 Å². The van der Waals surface area contributed by atoms with Crippen molar-refractivity contribution >= 4 is 17.0 Å². The lowest BCUT2D eigenvalue weighted by Crippen LogP contribution is -1.94. The molecule has 94 valence electrons. The maximum Gasteiger partial charge on any atom is 0.409 e. The van der Waals surface area contributed by atoms with Crippen molar-refractivity contribution in [2.45, 2.75) is 13.8 Å². The molecule has 18 heavy (non-hydrogen) atoms. The molecule has 0 saturated carbocycles. The summed E-state index contributed by atoms with van der Waals surface area (Å²) in [6.07, 6.45) is 0. The van der Waals surface area contributed by atoms with Gasteiger partial charge >= 0.3 is 5.43 Å². The summed E-state index contributed by atoms with van der Waals surface area (Å²) in [6.45, 7) is 4.19. The van der Waals surface area contributed by atoms with Gasteiger partial charge in [0.15, 0.2) is 0 Å². The molecule has 0 atom stereocenters. The fourth-order valence-corrected chi connectivity index (χ4v) is 1.31. The molecule has 0 radical (unpaired) electrons. The molecule has 0 aromatic heterocycles. The molecule has 2 aromatic carbocycles. The first-order valence-electron chi connectivity index (χ1n) is 5.53. The third-order valence-electron chi connectivity index (χ3n) is 2.16. The number of halogens is 1. The van der Waals surface area contributed by atoms with Crippen LogP contribution in [-0.2, 0) is 0 Å². The zero-order valence-electron chi connectivity index (χ0n) is 10.4. The van der Waals surface area contributed by atoms with E-state index in [2.05, 4.69) is 42.8 Å². The maximum absolute atomic E-state index is 10.2. The molecule has 2 aromatic rings. The lowest BCUT2D eigenvalue weighted by atomic mass is 10.2. The average molecular weight is 263 g/mol. The van der Waals surface area contributed by atoms with Crippen LogP contribution in [0.4, 0.5) is 4.79 Å². The first-order chi connectivity index (χ1) is 8.58. The summed E-state index contributed by atoms with van der Waals surface area (Å²) in [6, 6.07) is 17.1. The predicted molar refractivity (Wildman–Crippen MR) is 74.2 cm³/mol. The number of carbonyl (C=O) groups excluding carboxylic acids is 1. The minimum absolute atomic E-state index is 0.461. The third-order valence-corrected chi connectivity index (χ3v) is 2.24. The van der Waals surface area contributed by atoms with Crippen LogP contribution in [0.3, 0.4) is 0 Å². The quantitative estimate of drug-likeness (QED) is 0.695. The van der Waals surface area contributed by atoms with Gasteiger partial charge in [0, 0.05) is 11.6 Å². The minimum Gasteiger partial charge on any atom is -0.415 e. The van der Waals surface area contributed by atoms with Crippen molar-refractivity contribution in [3.8, 4) is 5.75 Å². The fraction of sp³-hybridized carbons (Fsp3) is 0.133. The van der Waals surface area contributed by atoms with Crippen LogP contribution in [0.2, 0.25) is 0 Å². The van der Waals surface area contributed by atoms with E-state index in [9.17, 15) is 4.79 Å². The Kier molecular flexibility index (Phi) is 5.95. The second kappa shape index (κ2) is 7.51. The summed E-state index contributed by atoms with van der Waals surface area (Å²) in [7, 11) is 0. The van der Waals surface area contributed by atoms with Gasteiger partial charge in [-0.2, -0.15) is 0 Å². The van der Waals surface area contributed by atoms with Crippen LogP contribution in [0, 0.1) is 13.8 Å². The zero-order chi connectivity index (χ0) is 13.4. The van der Waals surface area contributed by atoms with Crippen LogP contribution in [0.15, 0.2) is 54.6 Å². The highest BCUT2D eigenvalue weighted by Crippen LogP contribution is 2.09. The van der Waals surface area contributed by atoms with Gasteiger partial charge < -0.3 is 4.74 Å². The summed E-state index contributed by atoms with van der Waals surface area (Å²) in [4.78, 5) is 10.2. The molecule has 0 fully saturated rings. The molecule has 0 heterocycles. The van der Waals surface area contributed by atoms with Crippen molar-refractivity contribution in [2.75, 3.05) is 0 Å². The molecule has 0 bridgehead atoms. The highest BCUT2D eigenvalue weighted by molar-refractivity contribution is 6.61. The Morgan fingerprint density at radius 3 is 1.72 bits per heavy atom. The van der Waals surface area contributed by atoms with Crippen LogP contribution in [0.5, 0.6) is 5.75 Å². The number of hydrogen-bond donors (Lipinski definition) is 0. The van der Waals surface area contributed by atoms with Crippen molar-refractivity contribution in [3.63, 3.8) is 0 Å². The van der Waals surface area contributed by atoms with E-state index in [0.717, 1.165) is 0 Å². The summed E-state index contributed by atoms with van der Waals surface area (Å²) in [5.74, 6) is 0.461. The van der Waals surface area contributed by atoms with Gasteiger partial charge in [-0.15, -0.1) is 0 Å². The molecular formula is C15H15ClO2. The minimum atomic E-state index is -0.814. The average Bonchev–Trinajstić information content (AvgIpc) is 2.34. The molecule has 0 aliphatic rings. The topological polar surface area (TPSA) is 26.3 Å². The van der Waals surface area contributed by atoms with E-state index in [0.29, 0.717) is 5.75 Å². The monoisotopic (exact) mass is 262 g/mol. The van der Waals surface area contributed by atoms with Crippen LogP contribution >= 0.6 is 11.6 Å². The number of benzene rings is 2. The molecule has 0 aliphatic heterocycles. The third kappa shape index (κ3) is 6.06. The van der Waals surface area contributed by atoms with E-state index in [4.69, 9.17) is 11.6 Å². The lowest BCUT2D eigenvalue weighted by Gasteiger charge is -1.95. The summed E-state index contributed by atoms with van der Waals surface area (Å²) < 4.78 is 4.54. The summed E-state index contributed by atoms with van der Waals surface area (Å²) in [5.41, 5.74) is 1.84. The van der Waals surface area contributed by atoms with Crippen LogP contribution < -0.4 is 4.74 Å². The van der Waals surface area contributed by atoms with Crippen LogP contribution in [0.25, 0.3) is 0 Å². The Bertz CT molecular complexity index is 457. The zero-order valence-corrected chi connectivity index (χ0v) is 11.1. The van der Waals surface area contributed by atoms with Crippen LogP contribution in [0.1, 0.15) is 11.1 Å². The molecule has 0 saturated heterocycles. The SMILES string of the molecule is Cc1ccc(C)cc1.O=C(Cl)Oc1ccccc1. The molecule has 0 aliphatic carbocycles. The van der Waals surface area contributed by atoms with Gasteiger partial charge in [-0.3, -0.25) is 0 Å². The largest absolute Gasteiger partial charge is 0.415 e. The second-order valence-corrected chi connectivity index (χ2v) is 4.12. The predicted octanol–water partition coefficient (Wildman–Crippen LogP) is 4.73. The Morgan fingerprint density at radius 2 is 1.33 bits per heavy atom. The number of para-hydroxylation sites is 1. The first kappa shape index (κ1) is 14.3. The molecule has 0 unspecified atom stereocenters. The first-order valence-corrected chi connectivity index (χ1v) is 5.91. The molecule has 3 heteroatoms. The summed E-state index contributed by atoms with van der Waals surface area (Å²) in [5, 5.41) is 0. The molecule has 0 amide bonds. The number of rotatable bonds is 1. The highest BCUT2D eigenvalue weighted by atomic mass is 35.5. The molecular weight excluding hydrogens is 248 g/mol. The number of hydrogen-bond acceptors (Lipinski definition) is 2. The molecule has 0 N–H and O–H groups in total. The Balaban J connectivity index is 0.000000184. The number of carbonyl (C=O) groups is 1. The van der Waals surface area contributed by atoms with E-state index in [1.54, 1.807) is 24.3 Å². The van der Waals surface area contributed by atoms with Crippen molar-refractivity contribution in [2.24, 2.45) is 0 Å². The van der Waals surface area contributed by atoms with Crippen LogP contribution in [-0.4, -0.2) is 5.43 Å². The number of ether oxygens (including phenoxy) is 1. The standard InChI is InChI=1S/C8H10.C7H5ClO2/c1-7-3-5-8(2)6-4-7;8-7(9)10-6-4-2-1-3-5-6/h3-6H,1-2H3;1-5H. The highest BCUT2D eigenvalue weighted by Gasteiger charge is 1.95. The Hall–Kier alpha value is -1.80. The van der Waals surface area contributed by atoms with Gasteiger partial charge in [0.25, 0.3) is 0 Å². The van der Waals surface area contributed by atoms with Gasteiger partial charge in [0.2, 0.25) is 0 Å². The van der Waals surface area contributed by atoms with E-state index in [1.165, 1.54) is 11.1 Å². The summed E-state index contributed by atoms with van der Waals surface area (Å²) >= 11 is 4.95. The smallest absolute Gasteiger partial charge is 0.409 e. The van der Waals surface area contributed by atoms with Crippen molar-refractivity contribution in [1.29, 1.82) is 0 Å². The van der Waals surface area contributed by atoms with Crippen molar-refractivity contribution in [3.05, 3.63) is 65.7 Å². The van der Waals surface area contributed by atoms with Crippen molar-refractivity contribution < 1.29 is 9.53 Å². The van der Waals surface area contributed by atoms with Crippen molar-refractivity contribution in [1.82, 2.24) is 0 Å². The second-order valence-electron chi connectivity index (χ2n) is 3.81. The Morgan fingerprint density at radius 1 is 0.889 bits per heavy atom. The molecule has 2 nitrogen and oxygen atoms in total. The molecule has 2 rings (SSSR count).